The predicted octanol–water partition coefficient (Wildman–Crippen LogP) is 3.91. The summed E-state index contributed by atoms with van der Waals surface area (Å²) in [7, 11) is 0. The van der Waals surface area contributed by atoms with Crippen LogP contribution < -0.4 is 10.5 Å². The van der Waals surface area contributed by atoms with Crippen LogP contribution in [0.2, 0.25) is 5.02 Å². The average molecular weight is 284 g/mol. The van der Waals surface area contributed by atoms with Crippen LogP contribution in [0.1, 0.15) is 38.5 Å². The Kier molecular flexibility index (Phi) is 3.44. The molecular weight excluding hydrogens is 265 g/mol. The van der Waals surface area contributed by atoms with Gasteiger partial charge in [0.15, 0.2) is 11.6 Å². The smallest absolute Gasteiger partial charge is 0.183 e. The molecule has 0 radical (unpaired) electrons. The minimum Gasteiger partial charge on any atom is -0.487 e. The first kappa shape index (κ1) is 13.2. The molecule has 2 fully saturated rings. The fourth-order valence-corrected chi connectivity index (χ4v) is 3.74. The van der Waals surface area contributed by atoms with E-state index in [0.29, 0.717) is 0 Å². The van der Waals surface area contributed by atoms with Gasteiger partial charge in [0.1, 0.15) is 6.10 Å². The van der Waals surface area contributed by atoms with Gasteiger partial charge in [-0.1, -0.05) is 36.9 Å². The highest BCUT2D eigenvalue weighted by Crippen LogP contribution is 2.52. The molecule has 1 aromatic rings. The lowest BCUT2D eigenvalue weighted by Gasteiger charge is -2.56. The van der Waals surface area contributed by atoms with Crippen LogP contribution in [-0.4, -0.2) is 12.1 Å². The summed E-state index contributed by atoms with van der Waals surface area (Å²) in [4.78, 5) is 0. The van der Waals surface area contributed by atoms with E-state index in [-0.39, 0.29) is 28.3 Å². The molecule has 2 saturated carbocycles. The zero-order valence-electron chi connectivity index (χ0n) is 10.9. The highest BCUT2D eigenvalue weighted by Gasteiger charge is 2.55. The highest BCUT2D eigenvalue weighted by molar-refractivity contribution is 6.30. The largest absolute Gasteiger partial charge is 0.487 e. The Morgan fingerprint density at radius 3 is 2.68 bits per heavy atom. The van der Waals surface area contributed by atoms with Crippen LogP contribution in [0, 0.1) is 11.2 Å². The van der Waals surface area contributed by atoms with E-state index in [1.807, 2.05) is 0 Å². The Balaban J connectivity index is 1.78. The Morgan fingerprint density at radius 1 is 1.26 bits per heavy atom. The quantitative estimate of drug-likeness (QED) is 0.893. The fraction of sp³-hybridized carbons (Fsp3) is 0.600. The topological polar surface area (TPSA) is 35.2 Å². The molecule has 0 amide bonds. The Bertz CT molecular complexity index is 473. The number of benzene rings is 1. The molecule has 2 aliphatic rings. The Labute approximate surface area is 118 Å². The molecule has 2 aliphatic carbocycles. The molecule has 104 valence electrons. The first-order valence-electron chi connectivity index (χ1n) is 7.00. The first-order valence-corrected chi connectivity index (χ1v) is 7.37. The number of nitrogens with two attached hydrogens (primary N) is 1. The molecule has 1 spiro atoms. The van der Waals surface area contributed by atoms with Crippen molar-refractivity contribution in [3.05, 3.63) is 29.0 Å². The third-order valence-corrected chi connectivity index (χ3v) is 5.11. The summed E-state index contributed by atoms with van der Waals surface area (Å²) < 4.78 is 19.8. The van der Waals surface area contributed by atoms with E-state index >= 15 is 0 Å². The molecule has 3 rings (SSSR count). The van der Waals surface area contributed by atoms with Crippen molar-refractivity contribution in [3.8, 4) is 5.75 Å². The summed E-state index contributed by atoms with van der Waals surface area (Å²) in [6.45, 7) is 0. The van der Waals surface area contributed by atoms with Gasteiger partial charge in [0.2, 0.25) is 0 Å². The van der Waals surface area contributed by atoms with Gasteiger partial charge < -0.3 is 10.5 Å². The van der Waals surface area contributed by atoms with Crippen LogP contribution in [-0.2, 0) is 0 Å². The molecule has 2 N–H and O–H groups in total. The van der Waals surface area contributed by atoms with Crippen molar-refractivity contribution in [2.45, 2.75) is 50.7 Å². The molecule has 0 bridgehead atoms. The van der Waals surface area contributed by atoms with Gasteiger partial charge >= 0.3 is 0 Å². The van der Waals surface area contributed by atoms with E-state index < -0.39 is 5.82 Å². The van der Waals surface area contributed by atoms with E-state index in [9.17, 15) is 4.39 Å². The lowest BCUT2D eigenvalue weighted by atomic mass is 9.55. The zero-order valence-corrected chi connectivity index (χ0v) is 11.6. The van der Waals surface area contributed by atoms with Crippen molar-refractivity contribution in [1.82, 2.24) is 0 Å². The van der Waals surface area contributed by atoms with E-state index in [0.717, 1.165) is 19.3 Å². The first-order chi connectivity index (χ1) is 9.13. The van der Waals surface area contributed by atoms with Crippen molar-refractivity contribution >= 4 is 11.6 Å². The van der Waals surface area contributed by atoms with Crippen LogP contribution in [0.3, 0.4) is 0 Å². The van der Waals surface area contributed by atoms with Gasteiger partial charge in [0.05, 0.1) is 5.02 Å². The molecule has 0 heterocycles. The Hall–Kier alpha value is -0.800. The van der Waals surface area contributed by atoms with E-state index in [4.69, 9.17) is 22.1 Å². The molecule has 19 heavy (non-hydrogen) atoms. The number of ether oxygens (including phenoxy) is 1. The minimum atomic E-state index is -0.462. The van der Waals surface area contributed by atoms with Crippen molar-refractivity contribution in [1.29, 1.82) is 0 Å². The third kappa shape index (κ3) is 2.13. The third-order valence-electron chi connectivity index (χ3n) is 4.82. The minimum absolute atomic E-state index is 0.0377. The monoisotopic (exact) mass is 283 g/mol. The maximum atomic E-state index is 13.9. The summed E-state index contributed by atoms with van der Waals surface area (Å²) in [5.74, 6) is -0.204. The van der Waals surface area contributed by atoms with Crippen molar-refractivity contribution in [2.75, 3.05) is 0 Å². The second kappa shape index (κ2) is 4.95. The second-order valence-corrected chi connectivity index (χ2v) is 6.20. The lowest BCUT2D eigenvalue weighted by molar-refractivity contribution is -0.0911. The van der Waals surface area contributed by atoms with Gasteiger partial charge in [-0.2, -0.15) is 0 Å². The van der Waals surface area contributed by atoms with Gasteiger partial charge in [0.25, 0.3) is 0 Å². The average Bonchev–Trinajstić information content (AvgIpc) is 2.44. The van der Waals surface area contributed by atoms with Crippen LogP contribution in [0.5, 0.6) is 5.75 Å². The van der Waals surface area contributed by atoms with Crippen LogP contribution in [0.15, 0.2) is 18.2 Å². The van der Waals surface area contributed by atoms with E-state index in [2.05, 4.69) is 0 Å². The summed E-state index contributed by atoms with van der Waals surface area (Å²) in [6, 6.07) is 5.08. The molecular formula is C15H19ClFNO. The molecule has 0 aromatic heterocycles. The molecule has 1 aromatic carbocycles. The summed E-state index contributed by atoms with van der Waals surface area (Å²) in [5, 5.41) is 0.110. The molecule has 0 saturated heterocycles. The molecule has 2 unspecified atom stereocenters. The number of rotatable bonds is 2. The fourth-order valence-electron chi connectivity index (χ4n) is 3.57. The summed E-state index contributed by atoms with van der Waals surface area (Å²) in [5.41, 5.74) is 6.26. The standard InChI is InChI=1S/C15H19ClFNO/c16-10-5-4-6-11(14(10)17)19-13-9-12(18)15(13)7-2-1-3-8-15/h4-6,12-13H,1-3,7-9,18H2. The number of hydrogen-bond acceptors (Lipinski definition) is 2. The maximum absolute atomic E-state index is 13.9. The maximum Gasteiger partial charge on any atom is 0.183 e. The molecule has 2 nitrogen and oxygen atoms in total. The predicted molar refractivity (Wildman–Crippen MR) is 73.9 cm³/mol. The van der Waals surface area contributed by atoms with Crippen molar-refractivity contribution in [3.63, 3.8) is 0 Å². The number of hydrogen-bond donors (Lipinski definition) is 1. The van der Waals surface area contributed by atoms with Crippen molar-refractivity contribution < 1.29 is 9.13 Å². The van der Waals surface area contributed by atoms with Crippen LogP contribution in [0.4, 0.5) is 4.39 Å². The highest BCUT2D eigenvalue weighted by atomic mass is 35.5. The van der Waals surface area contributed by atoms with Gasteiger partial charge in [-0.15, -0.1) is 0 Å². The van der Waals surface area contributed by atoms with Crippen LogP contribution >= 0.6 is 11.6 Å². The summed E-state index contributed by atoms with van der Waals surface area (Å²) >= 11 is 5.78. The summed E-state index contributed by atoms with van der Waals surface area (Å²) in [6.07, 6.45) is 6.72. The van der Waals surface area contributed by atoms with Crippen LogP contribution in [0.25, 0.3) is 0 Å². The molecule has 4 heteroatoms. The number of halogens is 2. The van der Waals surface area contributed by atoms with Gasteiger partial charge in [-0.3, -0.25) is 0 Å². The normalized spacial score (nSPS) is 29.0. The lowest BCUT2D eigenvalue weighted by Crippen LogP contribution is -2.64. The Morgan fingerprint density at radius 2 is 2.00 bits per heavy atom. The molecule has 2 atom stereocenters. The molecule has 0 aliphatic heterocycles. The van der Waals surface area contributed by atoms with Gasteiger partial charge in [-0.25, -0.2) is 4.39 Å². The van der Waals surface area contributed by atoms with Crippen molar-refractivity contribution in [2.24, 2.45) is 11.1 Å². The SMILES string of the molecule is NC1CC(Oc2cccc(Cl)c2F)C12CCCCC2. The van der Waals surface area contributed by atoms with Gasteiger partial charge in [-0.05, 0) is 25.0 Å². The second-order valence-electron chi connectivity index (χ2n) is 5.79. The van der Waals surface area contributed by atoms with E-state index in [1.54, 1.807) is 12.1 Å². The van der Waals surface area contributed by atoms with E-state index in [1.165, 1.54) is 25.3 Å². The van der Waals surface area contributed by atoms with Gasteiger partial charge in [0, 0.05) is 17.9 Å². The zero-order chi connectivity index (χ0) is 13.5.